The number of likely N-dealkylation sites (N-methyl/N-ethyl adjacent to an activating group) is 3. The standard InChI is InChI=1S/C13H29N3/c1-5-6-8-12(14-2)13-11-15(3)9-7-10-16(13)4/h12-14H,5-11H2,1-4H3. The van der Waals surface area contributed by atoms with Crippen molar-refractivity contribution in [1.82, 2.24) is 15.1 Å². The molecule has 0 aromatic carbocycles. The van der Waals surface area contributed by atoms with E-state index >= 15 is 0 Å². The van der Waals surface area contributed by atoms with Crippen LogP contribution in [0.25, 0.3) is 0 Å². The third-order valence-electron chi connectivity index (χ3n) is 3.82. The molecule has 1 aliphatic heterocycles. The van der Waals surface area contributed by atoms with Crippen molar-refractivity contribution in [2.24, 2.45) is 0 Å². The van der Waals surface area contributed by atoms with Gasteiger partial charge in [0.05, 0.1) is 0 Å². The van der Waals surface area contributed by atoms with Crippen molar-refractivity contribution in [2.75, 3.05) is 40.8 Å². The lowest BCUT2D eigenvalue weighted by Crippen LogP contribution is -2.51. The van der Waals surface area contributed by atoms with Gasteiger partial charge in [0, 0.05) is 18.6 Å². The van der Waals surface area contributed by atoms with Crippen LogP contribution in [0.1, 0.15) is 32.6 Å². The highest BCUT2D eigenvalue weighted by molar-refractivity contribution is 4.86. The van der Waals surface area contributed by atoms with E-state index in [1.165, 1.54) is 45.3 Å². The lowest BCUT2D eigenvalue weighted by atomic mass is 10.0. The lowest BCUT2D eigenvalue weighted by Gasteiger charge is -2.34. The van der Waals surface area contributed by atoms with Crippen LogP contribution in [0.3, 0.4) is 0 Å². The van der Waals surface area contributed by atoms with E-state index in [9.17, 15) is 0 Å². The van der Waals surface area contributed by atoms with Crippen molar-refractivity contribution >= 4 is 0 Å². The molecule has 2 unspecified atom stereocenters. The second-order valence-corrected chi connectivity index (χ2v) is 5.20. The number of unbranched alkanes of at least 4 members (excludes halogenated alkanes) is 1. The van der Waals surface area contributed by atoms with Crippen LogP contribution in [0.4, 0.5) is 0 Å². The number of hydrogen-bond donors (Lipinski definition) is 1. The van der Waals surface area contributed by atoms with E-state index in [0.29, 0.717) is 12.1 Å². The predicted molar refractivity (Wildman–Crippen MR) is 70.9 cm³/mol. The van der Waals surface area contributed by atoms with Gasteiger partial charge in [-0.15, -0.1) is 0 Å². The first kappa shape index (κ1) is 13.9. The zero-order chi connectivity index (χ0) is 12.0. The van der Waals surface area contributed by atoms with Crippen molar-refractivity contribution in [3.05, 3.63) is 0 Å². The molecule has 1 fully saturated rings. The smallest absolute Gasteiger partial charge is 0.0373 e. The summed E-state index contributed by atoms with van der Waals surface area (Å²) in [5, 5.41) is 3.52. The molecule has 1 heterocycles. The van der Waals surface area contributed by atoms with Gasteiger partial charge in [-0.3, -0.25) is 0 Å². The molecule has 2 atom stereocenters. The van der Waals surface area contributed by atoms with E-state index in [1.54, 1.807) is 0 Å². The lowest BCUT2D eigenvalue weighted by molar-refractivity contribution is 0.175. The SMILES string of the molecule is CCCCC(NC)C1CN(C)CCCN1C. The molecule has 3 heteroatoms. The van der Waals surface area contributed by atoms with Crippen molar-refractivity contribution < 1.29 is 0 Å². The van der Waals surface area contributed by atoms with Gasteiger partial charge in [-0.1, -0.05) is 19.8 Å². The summed E-state index contributed by atoms with van der Waals surface area (Å²) in [7, 11) is 6.64. The number of rotatable bonds is 5. The van der Waals surface area contributed by atoms with E-state index in [1.807, 2.05) is 0 Å². The summed E-state index contributed by atoms with van der Waals surface area (Å²) >= 11 is 0. The first-order valence-electron chi connectivity index (χ1n) is 6.75. The summed E-state index contributed by atoms with van der Waals surface area (Å²) in [6, 6.07) is 1.31. The van der Waals surface area contributed by atoms with Gasteiger partial charge < -0.3 is 15.1 Å². The summed E-state index contributed by atoms with van der Waals surface area (Å²) in [4.78, 5) is 5.02. The Labute approximate surface area is 101 Å². The molecule has 0 spiro atoms. The Hall–Kier alpha value is -0.120. The van der Waals surface area contributed by atoms with Gasteiger partial charge in [-0.05, 0) is 47.1 Å². The van der Waals surface area contributed by atoms with Crippen LogP contribution >= 0.6 is 0 Å². The minimum absolute atomic E-state index is 0.644. The minimum atomic E-state index is 0.644. The highest BCUT2D eigenvalue weighted by Crippen LogP contribution is 2.14. The highest BCUT2D eigenvalue weighted by Gasteiger charge is 2.26. The van der Waals surface area contributed by atoms with Crippen molar-refractivity contribution in [2.45, 2.75) is 44.7 Å². The molecule has 3 nitrogen and oxygen atoms in total. The average Bonchev–Trinajstić information content (AvgIpc) is 2.43. The molecule has 0 bridgehead atoms. The van der Waals surface area contributed by atoms with E-state index in [4.69, 9.17) is 0 Å². The molecule has 0 aromatic heterocycles. The second-order valence-electron chi connectivity index (χ2n) is 5.20. The first-order chi connectivity index (χ1) is 7.69. The van der Waals surface area contributed by atoms with Crippen LogP contribution in [0.2, 0.25) is 0 Å². The van der Waals surface area contributed by atoms with Crippen LogP contribution < -0.4 is 5.32 Å². The molecule has 0 amide bonds. The summed E-state index contributed by atoms with van der Waals surface area (Å²) in [5.74, 6) is 0. The van der Waals surface area contributed by atoms with Gasteiger partial charge in [-0.2, -0.15) is 0 Å². The fraction of sp³-hybridized carbons (Fsp3) is 1.00. The van der Waals surface area contributed by atoms with Gasteiger partial charge in [0.1, 0.15) is 0 Å². The third-order valence-corrected chi connectivity index (χ3v) is 3.82. The largest absolute Gasteiger partial charge is 0.315 e. The average molecular weight is 227 g/mol. The summed E-state index contributed by atoms with van der Waals surface area (Å²) < 4.78 is 0. The second kappa shape index (κ2) is 7.25. The van der Waals surface area contributed by atoms with Crippen LogP contribution in [0.15, 0.2) is 0 Å². The van der Waals surface area contributed by atoms with Gasteiger partial charge >= 0.3 is 0 Å². The Balaban J connectivity index is 2.56. The molecular formula is C13H29N3. The summed E-state index contributed by atoms with van der Waals surface area (Å²) in [6.07, 6.45) is 5.23. The molecule has 0 radical (unpaired) electrons. The Morgan fingerprint density at radius 1 is 1.31 bits per heavy atom. The fourth-order valence-electron chi connectivity index (χ4n) is 2.69. The van der Waals surface area contributed by atoms with Crippen molar-refractivity contribution in [3.63, 3.8) is 0 Å². The van der Waals surface area contributed by atoms with Gasteiger partial charge in [0.15, 0.2) is 0 Å². The van der Waals surface area contributed by atoms with E-state index < -0.39 is 0 Å². The fourth-order valence-corrected chi connectivity index (χ4v) is 2.69. The third kappa shape index (κ3) is 4.04. The molecule has 1 rings (SSSR count). The van der Waals surface area contributed by atoms with Gasteiger partial charge in [-0.25, -0.2) is 0 Å². The molecule has 0 saturated carbocycles. The zero-order valence-corrected chi connectivity index (χ0v) is 11.5. The number of nitrogens with zero attached hydrogens (tertiary/aromatic N) is 2. The Bertz CT molecular complexity index is 184. The summed E-state index contributed by atoms with van der Waals surface area (Å²) in [6.45, 7) is 5.95. The molecular weight excluding hydrogens is 198 g/mol. The van der Waals surface area contributed by atoms with Crippen LogP contribution in [0.5, 0.6) is 0 Å². The maximum atomic E-state index is 3.52. The van der Waals surface area contributed by atoms with E-state index in [-0.39, 0.29) is 0 Å². The highest BCUT2D eigenvalue weighted by atomic mass is 15.2. The maximum Gasteiger partial charge on any atom is 0.0373 e. The Morgan fingerprint density at radius 2 is 2.06 bits per heavy atom. The zero-order valence-electron chi connectivity index (χ0n) is 11.5. The molecule has 1 saturated heterocycles. The number of hydrogen-bond acceptors (Lipinski definition) is 3. The van der Waals surface area contributed by atoms with Crippen molar-refractivity contribution in [1.29, 1.82) is 0 Å². The minimum Gasteiger partial charge on any atom is -0.315 e. The van der Waals surface area contributed by atoms with Gasteiger partial charge in [0.2, 0.25) is 0 Å². The Kier molecular flexibility index (Phi) is 6.32. The molecule has 16 heavy (non-hydrogen) atoms. The number of nitrogens with one attached hydrogen (secondary N) is 1. The normalized spacial score (nSPS) is 26.6. The Morgan fingerprint density at radius 3 is 2.69 bits per heavy atom. The summed E-state index contributed by atoms with van der Waals surface area (Å²) in [5.41, 5.74) is 0. The van der Waals surface area contributed by atoms with E-state index in [2.05, 4.69) is 43.2 Å². The predicted octanol–water partition coefficient (Wildman–Crippen LogP) is 1.40. The van der Waals surface area contributed by atoms with Crippen LogP contribution in [-0.4, -0.2) is 62.7 Å². The van der Waals surface area contributed by atoms with Crippen molar-refractivity contribution in [3.8, 4) is 0 Å². The van der Waals surface area contributed by atoms with Crippen LogP contribution in [-0.2, 0) is 0 Å². The van der Waals surface area contributed by atoms with E-state index in [0.717, 1.165) is 0 Å². The first-order valence-corrected chi connectivity index (χ1v) is 6.75. The topological polar surface area (TPSA) is 18.5 Å². The molecule has 0 aromatic rings. The molecule has 1 N–H and O–H groups in total. The monoisotopic (exact) mass is 227 g/mol. The maximum absolute atomic E-state index is 3.52. The van der Waals surface area contributed by atoms with Gasteiger partial charge in [0.25, 0.3) is 0 Å². The van der Waals surface area contributed by atoms with Crippen LogP contribution in [0, 0.1) is 0 Å². The molecule has 96 valence electrons. The quantitative estimate of drug-likeness (QED) is 0.766. The molecule has 0 aliphatic carbocycles. The molecule has 1 aliphatic rings.